The molecule has 202 valence electrons. The molecular weight excluding hydrogens is 631 g/mol. The van der Waals surface area contributed by atoms with Crippen LogP contribution in [0.3, 0.4) is 0 Å². The number of aromatic nitrogens is 2. The summed E-state index contributed by atoms with van der Waals surface area (Å²) in [6, 6.07) is 14.7. The van der Waals surface area contributed by atoms with E-state index in [2.05, 4.69) is 31.5 Å². The molecule has 0 unspecified atom stereocenters. The first-order valence-corrected chi connectivity index (χ1v) is 12.8. The molecule has 0 radical (unpaired) electrons. The van der Waals surface area contributed by atoms with Gasteiger partial charge in [0.05, 0.1) is 34.6 Å². The molecule has 0 spiro atoms. The second-order valence-electron chi connectivity index (χ2n) is 8.15. The van der Waals surface area contributed by atoms with Crippen molar-refractivity contribution in [2.75, 3.05) is 23.8 Å². The fourth-order valence-electron chi connectivity index (χ4n) is 3.62. The maximum atomic E-state index is 12.8. The number of likely N-dealkylation sites (N-methyl/N-ethyl adjacent to an activating group) is 1. The zero-order valence-corrected chi connectivity index (χ0v) is 24.6. The van der Waals surface area contributed by atoms with Crippen LogP contribution in [0, 0.1) is 18.3 Å². The van der Waals surface area contributed by atoms with Gasteiger partial charge < -0.3 is 20.3 Å². The van der Waals surface area contributed by atoms with Crippen LogP contribution in [0.2, 0.25) is 10.0 Å². The van der Waals surface area contributed by atoms with Crippen LogP contribution in [0.4, 0.5) is 16.2 Å². The summed E-state index contributed by atoms with van der Waals surface area (Å²) in [5.74, 6) is 0.128. The molecule has 2 aromatic carbocycles. The summed E-state index contributed by atoms with van der Waals surface area (Å²) < 4.78 is 8.71. The summed E-state index contributed by atoms with van der Waals surface area (Å²) in [5.41, 5.74) is 3.19. The van der Waals surface area contributed by atoms with Crippen LogP contribution in [0.5, 0.6) is 5.75 Å². The summed E-state index contributed by atoms with van der Waals surface area (Å²) in [5, 5.41) is 14.7. The van der Waals surface area contributed by atoms with E-state index in [1.807, 2.05) is 29.7 Å². The molecule has 0 bridgehead atoms. The predicted molar refractivity (Wildman–Crippen MR) is 157 cm³/mol. The number of nitriles is 1. The largest absolute Gasteiger partial charge is 0.485 e. The minimum absolute atomic E-state index is 0. The number of ether oxygens (including phenoxy) is 1. The van der Waals surface area contributed by atoms with Gasteiger partial charge in [-0.25, -0.2) is 9.78 Å². The van der Waals surface area contributed by atoms with E-state index in [0.29, 0.717) is 38.9 Å². The molecule has 13 heteroatoms. The number of nitrogens with one attached hydrogen (secondary N) is 2. The van der Waals surface area contributed by atoms with Crippen LogP contribution in [0.15, 0.2) is 59.3 Å². The number of hydrogen-bond donors (Lipinski definition) is 2. The second-order valence-corrected chi connectivity index (χ2v) is 9.69. The van der Waals surface area contributed by atoms with Gasteiger partial charge in [-0.15, -0.1) is 12.4 Å². The van der Waals surface area contributed by atoms with Gasteiger partial charge in [0, 0.05) is 29.5 Å². The second kappa shape index (κ2) is 13.0. The standard InChI is InChI=1S/C26H21BrCl2N6O3.ClH/c1-15-24(27)35-10-4-7-21(25(35)32-15)38-14-18-19(28)8-9-20(23(18)29)34(2)22(36)13-31-26(37)33-17-6-3-5-16(11-17)12-30;/h3-11H,13-14H2,1-2H3,(H2,31,33,37);1H. The molecule has 39 heavy (non-hydrogen) atoms. The van der Waals surface area contributed by atoms with E-state index in [1.165, 1.54) is 11.0 Å². The zero-order chi connectivity index (χ0) is 27.4. The number of aryl methyl sites for hydroxylation is 1. The molecule has 4 aromatic rings. The van der Waals surface area contributed by atoms with E-state index in [0.717, 1.165) is 10.3 Å². The van der Waals surface area contributed by atoms with Crippen LogP contribution in [-0.4, -0.2) is 34.9 Å². The van der Waals surface area contributed by atoms with Crippen molar-refractivity contribution in [3.8, 4) is 11.8 Å². The number of carbonyl (C=O) groups is 2. The van der Waals surface area contributed by atoms with E-state index >= 15 is 0 Å². The Morgan fingerprint density at radius 2 is 1.97 bits per heavy atom. The van der Waals surface area contributed by atoms with Crippen molar-refractivity contribution in [1.82, 2.24) is 14.7 Å². The number of rotatable bonds is 7. The van der Waals surface area contributed by atoms with Crippen molar-refractivity contribution in [2.45, 2.75) is 13.5 Å². The van der Waals surface area contributed by atoms with Gasteiger partial charge in [0.25, 0.3) is 0 Å². The van der Waals surface area contributed by atoms with Gasteiger partial charge in [-0.2, -0.15) is 5.26 Å². The minimum atomic E-state index is -0.590. The molecule has 3 amide bonds. The van der Waals surface area contributed by atoms with Gasteiger partial charge in [-0.3, -0.25) is 9.20 Å². The van der Waals surface area contributed by atoms with Crippen LogP contribution in [0.1, 0.15) is 16.8 Å². The average Bonchev–Trinajstić information content (AvgIpc) is 3.20. The highest BCUT2D eigenvalue weighted by atomic mass is 79.9. The molecule has 4 rings (SSSR count). The number of imidazole rings is 1. The molecule has 0 fully saturated rings. The number of carbonyl (C=O) groups excluding carboxylic acids is 2. The predicted octanol–water partition coefficient (Wildman–Crippen LogP) is 6.37. The quantitative estimate of drug-likeness (QED) is 0.241. The molecular formula is C26H22BrCl3N6O3. The van der Waals surface area contributed by atoms with Crippen molar-refractivity contribution in [2.24, 2.45) is 0 Å². The van der Waals surface area contributed by atoms with Gasteiger partial charge in [0.2, 0.25) is 5.91 Å². The molecule has 0 aliphatic rings. The first kappa shape index (κ1) is 30.1. The molecule has 0 aliphatic heterocycles. The van der Waals surface area contributed by atoms with E-state index in [-0.39, 0.29) is 30.6 Å². The smallest absolute Gasteiger partial charge is 0.319 e. The summed E-state index contributed by atoms with van der Waals surface area (Å²) in [6.45, 7) is 1.63. The lowest BCUT2D eigenvalue weighted by Gasteiger charge is -2.21. The highest BCUT2D eigenvalue weighted by Crippen LogP contribution is 2.35. The Kier molecular flexibility index (Phi) is 10.1. The average molecular weight is 653 g/mol. The molecule has 2 heterocycles. The SMILES string of the molecule is Cc1nc2c(OCc3c(Cl)ccc(N(C)C(=O)CNC(=O)Nc4cccc(C#N)c4)c3Cl)cccn2c1Br.Cl. The summed E-state index contributed by atoms with van der Waals surface area (Å²) >= 11 is 16.6. The molecule has 9 nitrogen and oxygen atoms in total. The molecule has 0 saturated heterocycles. The van der Waals surface area contributed by atoms with Gasteiger partial charge in [-0.05, 0) is 65.3 Å². The minimum Gasteiger partial charge on any atom is -0.485 e. The Balaban J connectivity index is 0.00000420. The van der Waals surface area contributed by atoms with Gasteiger partial charge in [0.15, 0.2) is 11.4 Å². The topological polar surface area (TPSA) is 112 Å². The molecule has 0 aliphatic carbocycles. The number of urea groups is 1. The van der Waals surface area contributed by atoms with Gasteiger partial charge in [0.1, 0.15) is 11.2 Å². The number of pyridine rings is 1. The Hall–Kier alpha value is -3.49. The van der Waals surface area contributed by atoms with Crippen LogP contribution in [-0.2, 0) is 11.4 Å². The monoisotopic (exact) mass is 650 g/mol. The molecule has 2 aromatic heterocycles. The number of amides is 3. The van der Waals surface area contributed by atoms with E-state index in [4.69, 9.17) is 33.2 Å². The normalized spacial score (nSPS) is 10.4. The lowest BCUT2D eigenvalue weighted by Crippen LogP contribution is -2.40. The van der Waals surface area contributed by atoms with Crippen molar-refractivity contribution >= 4 is 80.5 Å². The molecule has 2 N–H and O–H groups in total. The molecule has 0 saturated carbocycles. The lowest BCUT2D eigenvalue weighted by atomic mass is 10.2. The van der Waals surface area contributed by atoms with Crippen molar-refractivity contribution < 1.29 is 14.3 Å². The number of fused-ring (bicyclic) bond motifs is 1. The summed E-state index contributed by atoms with van der Waals surface area (Å²) in [6.07, 6.45) is 1.87. The summed E-state index contributed by atoms with van der Waals surface area (Å²) in [4.78, 5) is 30.9. The highest BCUT2D eigenvalue weighted by Gasteiger charge is 2.20. The number of benzene rings is 2. The van der Waals surface area contributed by atoms with Crippen LogP contribution >= 0.6 is 51.5 Å². The summed E-state index contributed by atoms with van der Waals surface area (Å²) in [7, 11) is 1.55. The number of halogens is 4. The Labute approximate surface area is 249 Å². The maximum Gasteiger partial charge on any atom is 0.319 e. The van der Waals surface area contributed by atoms with E-state index < -0.39 is 11.9 Å². The van der Waals surface area contributed by atoms with Crippen molar-refractivity contribution in [3.63, 3.8) is 0 Å². The van der Waals surface area contributed by atoms with Crippen molar-refractivity contribution in [3.05, 3.63) is 86.2 Å². The maximum absolute atomic E-state index is 12.8. The zero-order valence-electron chi connectivity index (χ0n) is 20.7. The molecule has 0 atom stereocenters. The fourth-order valence-corrected chi connectivity index (χ4v) is 4.60. The van der Waals surface area contributed by atoms with Gasteiger partial charge in [-0.1, -0.05) is 29.3 Å². The number of anilines is 2. The first-order valence-electron chi connectivity index (χ1n) is 11.2. The Morgan fingerprint density at radius 3 is 2.72 bits per heavy atom. The number of nitrogens with zero attached hydrogens (tertiary/aromatic N) is 4. The van der Waals surface area contributed by atoms with E-state index in [1.54, 1.807) is 43.4 Å². The fraction of sp³-hybridized carbons (Fsp3) is 0.154. The third-order valence-electron chi connectivity index (χ3n) is 5.64. The number of hydrogen-bond acceptors (Lipinski definition) is 5. The Morgan fingerprint density at radius 1 is 1.21 bits per heavy atom. The van der Waals surface area contributed by atoms with Crippen molar-refractivity contribution in [1.29, 1.82) is 5.26 Å². The third-order valence-corrected chi connectivity index (χ3v) is 7.37. The third kappa shape index (κ3) is 6.75. The van der Waals surface area contributed by atoms with Gasteiger partial charge >= 0.3 is 6.03 Å². The first-order chi connectivity index (χ1) is 18.2. The van der Waals surface area contributed by atoms with Crippen LogP contribution in [0.25, 0.3) is 5.65 Å². The van der Waals surface area contributed by atoms with Crippen LogP contribution < -0.4 is 20.3 Å². The lowest BCUT2D eigenvalue weighted by molar-refractivity contribution is -0.117. The highest BCUT2D eigenvalue weighted by molar-refractivity contribution is 9.10. The van der Waals surface area contributed by atoms with E-state index in [9.17, 15) is 9.59 Å². The Bertz CT molecular complexity index is 1590.